The smallest absolute Gasteiger partial charge is 0.279 e. The standard InChI is InChI=1S/C15H20N4O/c1-18-14-13(8-17-18)16-9-19(15(14)20)5-4-12-7-10-2-3-11(12)6-10/h8-12H,2-7H2,1H3. The van der Waals surface area contributed by atoms with E-state index >= 15 is 0 Å². The highest BCUT2D eigenvalue weighted by atomic mass is 16.1. The third-order valence-electron chi connectivity index (χ3n) is 5.34. The highest BCUT2D eigenvalue weighted by Gasteiger charge is 2.38. The van der Waals surface area contributed by atoms with Crippen LogP contribution in [0.2, 0.25) is 0 Å². The fourth-order valence-electron chi connectivity index (χ4n) is 4.28. The van der Waals surface area contributed by atoms with Gasteiger partial charge < -0.3 is 0 Å². The van der Waals surface area contributed by atoms with Gasteiger partial charge in [0.15, 0.2) is 5.52 Å². The van der Waals surface area contributed by atoms with Crippen LogP contribution in [0.4, 0.5) is 0 Å². The van der Waals surface area contributed by atoms with Crippen LogP contribution in [-0.2, 0) is 13.6 Å². The third-order valence-corrected chi connectivity index (χ3v) is 5.34. The highest BCUT2D eigenvalue weighted by Crippen LogP contribution is 2.49. The van der Waals surface area contributed by atoms with Crippen molar-refractivity contribution >= 4 is 11.0 Å². The Labute approximate surface area is 117 Å². The molecule has 4 rings (SSSR count). The van der Waals surface area contributed by atoms with Crippen molar-refractivity contribution < 1.29 is 0 Å². The van der Waals surface area contributed by atoms with Gasteiger partial charge in [0.05, 0.1) is 12.5 Å². The molecule has 3 unspecified atom stereocenters. The van der Waals surface area contributed by atoms with Gasteiger partial charge in [0.25, 0.3) is 5.56 Å². The van der Waals surface area contributed by atoms with Gasteiger partial charge in [0.1, 0.15) is 5.52 Å². The average molecular weight is 272 g/mol. The summed E-state index contributed by atoms with van der Waals surface area (Å²) in [5, 5.41) is 4.11. The Hall–Kier alpha value is -1.65. The Morgan fingerprint density at radius 1 is 1.35 bits per heavy atom. The summed E-state index contributed by atoms with van der Waals surface area (Å²) in [5.74, 6) is 2.71. The Bertz CT molecular complexity index is 701. The average Bonchev–Trinajstić information content (AvgIpc) is 3.14. The molecule has 2 aliphatic rings. The van der Waals surface area contributed by atoms with Crippen molar-refractivity contribution in [2.75, 3.05) is 0 Å². The van der Waals surface area contributed by atoms with Crippen molar-refractivity contribution in [2.45, 2.75) is 38.6 Å². The summed E-state index contributed by atoms with van der Waals surface area (Å²) in [6, 6.07) is 0. The maximum Gasteiger partial charge on any atom is 0.279 e. The summed E-state index contributed by atoms with van der Waals surface area (Å²) >= 11 is 0. The number of hydrogen-bond donors (Lipinski definition) is 0. The Kier molecular flexibility index (Phi) is 2.69. The number of fused-ring (bicyclic) bond motifs is 3. The second-order valence-electron chi connectivity index (χ2n) is 6.47. The zero-order chi connectivity index (χ0) is 13.7. The quantitative estimate of drug-likeness (QED) is 0.858. The fraction of sp³-hybridized carbons (Fsp3) is 0.667. The predicted octanol–water partition coefficient (Wildman–Crippen LogP) is 1.96. The molecular weight excluding hydrogens is 252 g/mol. The molecule has 0 spiro atoms. The number of nitrogens with zero attached hydrogens (tertiary/aromatic N) is 4. The Morgan fingerprint density at radius 2 is 2.25 bits per heavy atom. The molecule has 2 aromatic heterocycles. The maximum atomic E-state index is 12.4. The molecule has 0 saturated heterocycles. The minimum atomic E-state index is 0.0400. The van der Waals surface area contributed by atoms with E-state index in [1.165, 1.54) is 25.7 Å². The zero-order valence-electron chi connectivity index (χ0n) is 11.8. The lowest BCUT2D eigenvalue weighted by molar-refractivity contribution is 0.299. The fourth-order valence-corrected chi connectivity index (χ4v) is 4.28. The lowest BCUT2D eigenvalue weighted by Crippen LogP contribution is -2.24. The molecule has 0 radical (unpaired) electrons. The molecule has 2 aromatic rings. The van der Waals surface area contributed by atoms with Crippen molar-refractivity contribution in [3.8, 4) is 0 Å². The van der Waals surface area contributed by atoms with E-state index in [9.17, 15) is 4.79 Å². The molecule has 2 saturated carbocycles. The largest absolute Gasteiger partial charge is 0.297 e. The van der Waals surface area contributed by atoms with Crippen molar-refractivity contribution in [1.82, 2.24) is 19.3 Å². The van der Waals surface area contributed by atoms with Crippen molar-refractivity contribution in [3.05, 3.63) is 22.9 Å². The van der Waals surface area contributed by atoms with Crippen LogP contribution in [0, 0.1) is 17.8 Å². The van der Waals surface area contributed by atoms with Crippen LogP contribution in [0.1, 0.15) is 32.1 Å². The zero-order valence-corrected chi connectivity index (χ0v) is 11.8. The van der Waals surface area contributed by atoms with Gasteiger partial charge >= 0.3 is 0 Å². The van der Waals surface area contributed by atoms with E-state index in [0.717, 1.165) is 30.7 Å². The molecule has 2 heterocycles. The number of rotatable bonds is 3. The molecule has 106 valence electrons. The van der Waals surface area contributed by atoms with Gasteiger partial charge in [-0.05, 0) is 43.4 Å². The Morgan fingerprint density at radius 3 is 3.00 bits per heavy atom. The van der Waals surface area contributed by atoms with Gasteiger partial charge in [0, 0.05) is 13.6 Å². The Balaban J connectivity index is 1.55. The highest BCUT2D eigenvalue weighted by molar-refractivity contribution is 5.72. The van der Waals surface area contributed by atoms with Crippen LogP contribution < -0.4 is 5.56 Å². The molecule has 0 aromatic carbocycles. The second-order valence-corrected chi connectivity index (χ2v) is 6.47. The normalized spacial score (nSPS) is 28.6. The van der Waals surface area contributed by atoms with Gasteiger partial charge in [-0.1, -0.05) is 6.42 Å². The molecule has 0 amide bonds. The van der Waals surface area contributed by atoms with Gasteiger partial charge in [0.2, 0.25) is 0 Å². The van der Waals surface area contributed by atoms with Crippen molar-refractivity contribution in [1.29, 1.82) is 0 Å². The third kappa shape index (κ3) is 1.79. The summed E-state index contributed by atoms with van der Waals surface area (Å²) in [6.45, 7) is 0.793. The summed E-state index contributed by atoms with van der Waals surface area (Å²) in [5.41, 5.74) is 1.34. The monoisotopic (exact) mass is 272 g/mol. The van der Waals surface area contributed by atoms with E-state index in [1.807, 2.05) is 0 Å². The van der Waals surface area contributed by atoms with Crippen molar-refractivity contribution in [2.24, 2.45) is 24.8 Å². The molecule has 2 aliphatic carbocycles. The summed E-state index contributed by atoms with van der Waals surface area (Å²) < 4.78 is 3.38. The molecule has 5 nitrogen and oxygen atoms in total. The van der Waals surface area contributed by atoms with Crippen LogP contribution >= 0.6 is 0 Å². The number of aromatic nitrogens is 4. The summed E-state index contributed by atoms with van der Waals surface area (Å²) in [4.78, 5) is 16.8. The first kappa shape index (κ1) is 12.1. The SMILES string of the molecule is Cn1ncc2ncn(CCC3CC4CCC3C4)c(=O)c21. The van der Waals surface area contributed by atoms with Crippen LogP contribution in [-0.4, -0.2) is 19.3 Å². The first-order valence-corrected chi connectivity index (χ1v) is 7.59. The molecule has 3 atom stereocenters. The lowest BCUT2D eigenvalue weighted by Gasteiger charge is -2.21. The minimum Gasteiger partial charge on any atom is -0.297 e. The van der Waals surface area contributed by atoms with Crippen LogP contribution in [0.25, 0.3) is 11.0 Å². The van der Waals surface area contributed by atoms with E-state index in [0.29, 0.717) is 11.0 Å². The van der Waals surface area contributed by atoms with E-state index in [1.54, 1.807) is 28.8 Å². The minimum absolute atomic E-state index is 0.0400. The van der Waals surface area contributed by atoms with Crippen molar-refractivity contribution in [3.63, 3.8) is 0 Å². The molecular formula is C15H20N4O. The van der Waals surface area contributed by atoms with Gasteiger partial charge in [-0.3, -0.25) is 14.0 Å². The van der Waals surface area contributed by atoms with Gasteiger partial charge in [-0.2, -0.15) is 5.10 Å². The summed E-state index contributed by atoms with van der Waals surface area (Å²) in [6.07, 6.45) is 10.1. The first-order valence-electron chi connectivity index (χ1n) is 7.59. The van der Waals surface area contributed by atoms with E-state index < -0.39 is 0 Å². The molecule has 2 bridgehead atoms. The first-order chi connectivity index (χ1) is 9.72. The summed E-state index contributed by atoms with van der Waals surface area (Å²) in [7, 11) is 1.80. The molecule has 20 heavy (non-hydrogen) atoms. The van der Waals surface area contributed by atoms with E-state index in [4.69, 9.17) is 0 Å². The molecule has 0 N–H and O–H groups in total. The molecule has 5 heteroatoms. The second kappa shape index (κ2) is 4.43. The molecule has 0 aliphatic heterocycles. The maximum absolute atomic E-state index is 12.4. The molecule has 2 fully saturated rings. The predicted molar refractivity (Wildman–Crippen MR) is 76.3 cm³/mol. The van der Waals surface area contributed by atoms with Gasteiger partial charge in [-0.15, -0.1) is 0 Å². The van der Waals surface area contributed by atoms with Crippen LogP contribution in [0.5, 0.6) is 0 Å². The van der Waals surface area contributed by atoms with Crippen LogP contribution in [0.3, 0.4) is 0 Å². The van der Waals surface area contributed by atoms with E-state index in [2.05, 4.69) is 10.1 Å². The van der Waals surface area contributed by atoms with Crippen LogP contribution in [0.15, 0.2) is 17.3 Å². The number of aryl methyl sites for hydroxylation is 2. The topological polar surface area (TPSA) is 52.7 Å². The lowest BCUT2D eigenvalue weighted by atomic mass is 9.86. The number of hydrogen-bond acceptors (Lipinski definition) is 3. The van der Waals surface area contributed by atoms with Gasteiger partial charge in [-0.25, -0.2) is 4.98 Å². The van der Waals surface area contributed by atoms with E-state index in [-0.39, 0.29) is 5.56 Å².